The molecular weight excluding hydrogens is 1560 g/mol. The molecule has 1 aliphatic carbocycles. The number of carbonyl (C=O) groups is 12. The first-order valence-electron chi connectivity index (χ1n) is 41.0. The van der Waals surface area contributed by atoms with Crippen molar-refractivity contribution >= 4 is 95.6 Å². The van der Waals surface area contributed by atoms with Crippen LogP contribution in [0.4, 0.5) is 10.5 Å². The molecule has 0 radical (unpaired) electrons. The number of thiazole rings is 1. The molecule has 1 saturated carbocycles. The van der Waals surface area contributed by atoms with E-state index in [0.717, 1.165) is 52.4 Å². The highest BCUT2D eigenvalue weighted by molar-refractivity contribution is 7.51. The number of primary amides is 1. The SMILES string of the molecule is CC[C@H](C)[C@@H]([C@@H](CC(=O)N1CCC[C@H]1[C@H](OC)[C@@H](C)C(=O)N[C@@H](Cc1ccccc1)c1nccs1)OC)N(C)C(=O)[C@@H](NC(=O)[C@@H]1[C@H]2CC[C@H](C2)[N+]1(C)Cc1ccc(NC(=O)[C@H](CCCNC(N)=O)NC(=O)[C@@H](NC(=O)CCOCCN2C(=O)C=CC2=O)C(C)C)cc1CN(C)C(=O)CCOCCOCCNC(=O)CCP(=O)(O)O)C(C)C. The topological polar surface area (TPSA) is 445 Å². The predicted octanol–water partition coefficient (Wildman–Crippen LogP) is 4.21. The molecule has 36 heteroatoms. The smallest absolute Gasteiger partial charge is 0.326 e. The number of carbonyl (C=O) groups excluding carboxylic acids is 12. The number of nitrogens with one attached hydrogen (secondary N) is 7. The van der Waals surface area contributed by atoms with Crippen molar-refractivity contribution in [3.05, 3.63) is 94.0 Å². The van der Waals surface area contributed by atoms with Gasteiger partial charge in [-0.2, -0.15) is 0 Å². The summed E-state index contributed by atoms with van der Waals surface area (Å²) >= 11 is 1.46. The number of benzene rings is 2. The fourth-order valence-electron chi connectivity index (χ4n) is 16.4. The minimum Gasteiger partial charge on any atom is -0.379 e. The summed E-state index contributed by atoms with van der Waals surface area (Å²) in [5.74, 6) is -6.54. The Morgan fingerprint density at radius 3 is 2.08 bits per heavy atom. The summed E-state index contributed by atoms with van der Waals surface area (Å²) in [6.45, 7) is 14.1. The number of imide groups is 1. The lowest BCUT2D eigenvalue weighted by atomic mass is 9.89. The number of rotatable bonds is 51. The molecule has 3 aliphatic heterocycles. The number of urea groups is 1. The number of hydrogen-bond acceptors (Lipinski definition) is 20. The third-order valence-electron chi connectivity index (χ3n) is 23.0. The Morgan fingerprint density at radius 1 is 0.754 bits per heavy atom. The third-order valence-corrected chi connectivity index (χ3v) is 24.7. The summed E-state index contributed by atoms with van der Waals surface area (Å²) in [7, 11) is 4.13. The quantitative estimate of drug-likeness (QED) is 0.0164. The fourth-order valence-corrected chi connectivity index (χ4v) is 17.6. The monoisotopic (exact) mass is 1690 g/mol. The maximum atomic E-state index is 15.6. The highest BCUT2D eigenvalue weighted by Crippen LogP contribution is 2.49. The first kappa shape index (κ1) is 96.5. The standard InChI is InChI=1S/C82H125N14O20PS/c1-13-53(6)73(64(112-11)48-70(102)94-35-18-22-63(94)75(113-12)54(7)76(103)89-62(80-85-34-44-118-80)45-55-19-15-14-16-20-55)93(9)81(107)72(52(4)5)91-79(106)74-56-24-26-60(47-56)96(74,10)50-57-23-25-59(46-58(57)49-92(8)67(99)30-38-115-41-42-116-39-33-84-65(97)31-43-117(109,110)111)87-77(104)61(21-17-32-86-82(83)108)88-78(105)71(51(2)3)90-66(98)29-37-114-40-36-95-68(100)27-28-69(95)101/h14-16,19-20,23,25,27-28,34,44,46,51-54,56,60-64,71-75H,13,17-18,21-22,24,26,29-33,35-43,45,47-50H2,1-12H3,(H10-,83,84,86,87,88,89,90,91,97,98,103,104,105,106,108,109,110,111)/p+1/t53-,54+,56-,60+,61-,62-,63-,64+,71-,72-,73-,74-,75+,96?/m0/s1. The highest BCUT2D eigenvalue weighted by atomic mass is 32.1. The first-order chi connectivity index (χ1) is 56.1. The van der Waals surface area contributed by atoms with Crippen LogP contribution < -0.4 is 43.0 Å². The zero-order chi connectivity index (χ0) is 86.6. The summed E-state index contributed by atoms with van der Waals surface area (Å²) in [5.41, 5.74) is 8.05. The van der Waals surface area contributed by atoms with Gasteiger partial charge in [0.1, 0.15) is 29.7 Å². The van der Waals surface area contributed by atoms with Gasteiger partial charge in [0.2, 0.25) is 47.3 Å². The van der Waals surface area contributed by atoms with Gasteiger partial charge in [-0.05, 0) is 86.0 Å². The Labute approximate surface area is 696 Å². The summed E-state index contributed by atoms with van der Waals surface area (Å²) < 4.78 is 40.6. The van der Waals surface area contributed by atoms with Gasteiger partial charge in [0.25, 0.3) is 17.7 Å². The zero-order valence-electron chi connectivity index (χ0n) is 70.3. The minimum atomic E-state index is -4.33. The van der Waals surface area contributed by atoms with Crippen molar-refractivity contribution in [3.63, 3.8) is 0 Å². The second kappa shape index (κ2) is 46.8. The van der Waals surface area contributed by atoms with E-state index in [9.17, 15) is 52.5 Å². The van der Waals surface area contributed by atoms with Gasteiger partial charge >= 0.3 is 13.6 Å². The molecule has 1 unspecified atom stereocenters. The molecule has 654 valence electrons. The lowest BCUT2D eigenvalue weighted by Crippen LogP contribution is -2.64. The van der Waals surface area contributed by atoms with E-state index in [1.165, 1.54) is 23.3 Å². The second-order valence-corrected chi connectivity index (χ2v) is 34.8. The normalized spacial score (nSPS) is 20.0. The molecule has 2 saturated heterocycles. The van der Waals surface area contributed by atoms with Crippen LogP contribution in [0.2, 0.25) is 0 Å². The highest BCUT2D eigenvalue weighted by Gasteiger charge is 2.60. The molecule has 1 aromatic heterocycles. The van der Waals surface area contributed by atoms with Gasteiger partial charge in [-0.15, -0.1) is 11.3 Å². The van der Waals surface area contributed by atoms with Crippen LogP contribution in [0, 0.1) is 29.6 Å². The van der Waals surface area contributed by atoms with Crippen LogP contribution in [0.25, 0.3) is 0 Å². The fraction of sp³-hybridized carbons (Fsp3) is 0.646. The zero-order valence-corrected chi connectivity index (χ0v) is 72.0. The summed E-state index contributed by atoms with van der Waals surface area (Å²) in [5, 5.41) is 22.7. The number of fused-ring (bicyclic) bond motifs is 2. The number of methoxy groups -OCH3 is 2. The van der Waals surface area contributed by atoms with Crippen molar-refractivity contribution in [2.45, 2.75) is 206 Å². The van der Waals surface area contributed by atoms with Gasteiger partial charge in [0, 0.05) is 115 Å². The molecular formula is C82H126N14O20PS+. The molecule has 13 amide bonds. The molecule has 4 aliphatic rings. The maximum Gasteiger partial charge on any atom is 0.326 e. The average molecular weight is 1690 g/mol. The van der Waals surface area contributed by atoms with Crippen LogP contribution in [0.5, 0.6) is 0 Å². The number of likely N-dealkylation sites (tertiary alicyclic amines) is 2. The molecule has 2 aromatic carbocycles. The largest absolute Gasteiger partial charge is 0.379 e. The molecule has 11 N–H and O–H groups in total. The number of anilines is 1. The molecule has 2 bridgehead atoms. The van der Waals surface area contributed by atoms with Gasteiger partial charge in [0.05, 0.1) is 115 Å². The van der Waals surface area contributed by atoms with Gasteiger partial charge in [0.15, 0.2) is 6.04 Å². The predicted molar refractivity (Wildman–Crippen MR) is 440 cm³/mol. The molecule has 3 fully saturated rings. The Kier molecular flexibility index (Phi) is 38.3. The van der Waals surface area contributed by atoms with Crippen LogP contribution in [0.3, 0.4) is 0 Å². The lowest BCUT2D eigenvalue weighted by Gasteiger charge is -2.45. The molecule has 0 spiro atoms. The van der Waals surface area contributed by atoms with Crippen LogP contribution in [-0.4, -0.2) is 272 Å². The van der Waals surface area contributed by atoms with E-state index in [2.05, 4.69) is 42.2 Å². The first-order valence-corrected chi connectivity index (χ1v) is 43.7. The van der Waals surface area contributed by atoms with Crippen molar-refractivity contribution in [1.29, 1.82) is 0 Å². The third kappa shape index (κ3) is 28.2. The van der Waals surface area contributed by atoms with E-state index in [-0.39, 0.29) is 175 Å². The Bertz CT molecular complexity index is 3930. The average Bonchev–Trinajstić information content (AvgIpc) is 1.57. The van der Waals surface area contributed by atoms with Crippen LogP contribution in [0.15, 0.2) is 72.3 Å². The van der Waals surface area contributed by atoms with Crippen LogP contribution in [0.1, 0.15) is 153 Å². The number of piperidine rings is 1. The van der Waals surface area contributed by atoms with E-state index >= 15 is 9.59 Å². The number of aromatic nitrogens is 1. The number of nitrogens with zero attached hydrogens (tertiary/aromatic N) is 6. The van der Waals surface area contributed by atoms with Crippen molar-refractivity contribution in [2.24, 2.45) is 35.3 Å². The lowest BCUT2D eigenvalue weighted by molar-refractivity contribution is -0.952. The van der Waals surface area contributed by atoms with E-state index in [1.807, 2.05) is 83.4 Å². The molecule has 34 nitrogen and oxygen atoms in total. The molecule has 7 rings (SSSR count). The number of nitrogens with two attached hydrogens (primary N) is 1. The van der Waals surface area contributed by atoms with E-state index < -0.39 is 121 Å². The number of amides is 13. The van der Waals surface area contributed by atoms with Crippen molar-refractivity contribution < 1.29 is 100 Å². The maximum absolute atomic E-state index is 15.6. The molecule has 4 heterocycles. The van der Waals surface area contributed by atoms with Crippen LogP contribution >= 0.6 is 18.9 Å². The summed E-state index contributed by atoms with van der Waals surface area (Å²) in [4.78, 5) is 193. The van der Waals surface area contributed by atoms with Crippen molar-refractivity contribution in [2.75, 3.05) is 113 Å². The van der Waals surface area contributed by atoms with Gasteiger partial charge in [-0.3, -0.25) is 62.2 Å². The number of hydrogen-bond donors (Lipinski definition) is 10. The van der Waals surface area contributed by atoms with E-state index in [0.29, 0.717) is 37.8 Å². The van der Waals surface area contributed by atoms with Crippen LogP contribution in [-0.2, 0) is 100 Å². The molecule has 3 aromatic rings. The van der Waals surface area contributed by atoms with E-state index in [1.54, 1.807) is 63.2 Å². The Morgan fingerprint density at radius 2 is 1.44 bits per heavy atom. The van der Waals surface area contributed by atoms with E-state index in [4.69, 9.17) is 39.2 Å². The molecule has 118 heavy (non-hydrogen) atoms. The number of ether oxygens (including phenoxy) is 5. The second-order valence-electron chi connectivity index (χ2n) is 32.1. The minimum absolute atomic E-state index is 0.00162. The van der Waals surface area contributed by atoms with Gasteiger partial charge < -0.3 is 95.6 Å². The number of likely N-dealkylation sites (N-methyl/N-ethyl adjacent to an activating group) is 2. The summed E-state index contributed by atoms with van der Waals surface area (Å²) in [6, 6.07) is 8.88. The Balaban J connectivity index is 1.07. The number of quaternary nitrogens is 1. The van der Waals surface area contributed by atoms with Crippen molar-refractivity contribution in [3.8, 4) is 0 Å². The Hall–Kier alpha value is -8.64. The summed E-state index contributed by atoms with van der Waals surface area (Å²) in [6.07, 6.45) is 6.30. The van der Waals surface area contributed by atoms with Crippen molar-refractivity contribution in [1.82, 2.24) is 56.5 Å². The molecule has 14 atom stereocenters. The van der Waals surface area contributed by atoms with Gasteiger partial charge in [-0.25, -0.2) is 9.78 Å². The van der Waals surface area contributed by atoms with Gasteiger partial charge in [-0.1, -0.05) is 91.3 Å².